The van der Waals surface area contributed by atoms with Crippen molar-refractivity contribution in [3.8, 4) is 0 Å². The van der Waals surface area contributed by atoms with Gasteiger partial charge in [-0.3, -0.25) is 9.59 Å². The van der Waals surface area contributed by atoms with Crippen LogP contribution in [0.1, 0.15) is 30.4 Å². The molecule has 0 radical (unpaired) electrons. The topological polar surface area (TPSA) is 95.6 Å². The first kappa shape index (κ1) is 21.0. The summed E-state index contributed by atoms with van der Waals surface area (Å²) in [4.78, 5) is 24.6. The van der Waals surface area contributed by atoms with Crippen LogP contribution in [0.5, 0.6) is 0 Å². The van der Waals surface area contributed by atoms with Crippen LogP contribution in [0.4, 0.5) is 11.4 Å². The Labute approximate surface area is 184 Å². The molecule has 2 amide bonds. The van der Waals surface area contributed by atoms with Gasteiger partial charge in [0.25, 0.3) is 0 Å². The van der Waals surface area contributed by atoms with Crippen LogP contribution in [0.2, 0.25) is 0 Å². The van der Waals surface area contributed by atoms with E-state index in [1.54, 1.807) is 18.2 Å². The van der Waals surface area contributed by atoms with Crippen molar-refractivity contribution in [2.45, 2.75) is 43.5 Å². The molecule has 2 aliphatic heterocycles. The molecule has 1 fully saturated rings. The first-order valence-electron chi connectivity index (χ1n) is 9.77. The van der Waals surface area contributed by atoms with E-state index in [1.165, 1.54) is 10.4 Å². The predicted octanol–water partition coefficient (Wildman–Crippen LogP) is 3.43. The Morgan fingerprint density at radius 2 is 2.00 bits per heavy atom. The van der Waals surface area contributed by atoms with Crippen molar-refractivity contribution in [3.63, 3.8) is 0 Å². The highest BCUT2D eigenvalue weighted by Crippen LogP contribution is 2.31. The van der Waals surface area contributed by atoms with Crippen LogP contribution in [0.25, 0.3) is 0 Å². The summed E-state index contributed by atoms with van der Waals surface area (Å²) >= 11 is 3.43. The van der Waals surface area contributed by atoms with Gasteiger partial charge in [0.1, 0.15) is 6.04 Å². The van der Waals surface area contributed by atoms with Crippen molar-refractivity contribution < 1.29 is 18.0 Å². The smallest absolute Gasteiger partial charge is 0.243 e. The van der Waals surface area contributed by atoms with Gasteiger partial charge in [-0.15, -0.1) is 0 Å². The lowest BCUT2D eigenvalue weighted by atomic mass is 10.0. The van der Waals surface area contributed by atoms with Crippen molar-refractivity contribution >= 4 is 49.1 Å². The van der Waals surface area contributed by atoms with Gasteiger partial charge in [-0.2, -0.15) is 4.31 Å². The fourth-order valence-corrected chi connectivity index (χ4v) is 5.85. The molecule has 0 unspecified atom stereocenters. The molecule has 2 aromatic rings. The Morgan fingerprint density at radius 3 is 2.77 bits per heavy atom. The van der Waals surface area contributed by atoms with Crippen molar-refractivity contribution in [1.82, 2.24) is 4.31 Å². The summed E-state index contributed by atoms with van der Waals surface area (Å²) in [6.45, 7) is 2.22. The summed E-state index contributed by atoms with van der Waals surface area (Å²) in [7, 11) is -3.83. The number of aryl methyl sites for hydroxylation is 2. The molecule has 30 heavy (non-hydrogen) atoms. The van der Waals surface area contributed by atoms with Gasteiger partial charge in [-0.1, -0.05) is 15.9 Å². The molecule has 7 nitrogen and oxygen atoms in total. The molecule has 4 rings (SSSR count). The zero-order valence-electron chi connectivity index (χ0n) is 16.4. The Morgan fingerprint density at radius 1 is 1.20 bits per heavy atom. The van der Waals surface area contributed by atoms with E-state index < -0.39 is 16.1 Å². The minimum absolute atomic E-state index is 0.0717. The SMILES string of the molecule is Cc1cc(NC(=O)[C@@H]2CCCN2S(=O)(=O)c2ccc3c(c2)CCC(=O)N3)ccc1Br. The summed E-state index contributed by atoms with van der Waals surface area (Å²) < 4.78 is 28.8. The lowest BCUT2D eigenvalue weighted by molar-refractivity contribution is -0.119. The number of fused-ring (bicyclic) bond motifs is 1. The van der Waals surface area contributed by atoms with E-state index in [4.69, 9.17) is 0 Å². The molecular weight excluding hydrogens is 470 g/mol. The first-order valence-corrected chi connectivity index (χ1v) is 12.0. The average Bonchev–Trinajstić information content (AvgIpc) is 3.21. The van der Waals surface area contributed by atoms with Crippen LogP contribution in [0.3, 0.4) is 0 Å². The molecule has 158 valence electrons. The summed E-state index contributed by atoms with van der Waals surface area (Å²) in [5.74, 6) is -0.402. The lowest BCUT2D eigenvalue weighted by Gasteiger charge is -2.24. The summed E-state index contributed by atoms with van der Waals surface area (Å²) in [5.41, 5.74) is 3.05. The second kappa shape index (κ2) is 8.13. The molecule has 2 N–H and O–H groups in total. The quantitative estimate of drug-likeness (QED) is 0.684. The molecule has 0 aliphatic carbocycles. The Balaban J connectivity index is 1.56. The van der Waals surface area contributed by atoms with Gasteiger partial charge in [0.05, 0.1) is 4.90 Å². The van der Waals surface area contributed by atoms with Crippen molar-refractivity contribution in [1.29, 1.82) is 0 Å². The first-order chi connectivity index (χ1) is 14.3. The second-order valence-corrected chi connectivity index (χ2v) is 10.3. The van der Waals surface area contributed by atoms with E-state index in [1.807, 2.05) is 19.1 Å². The summed E-state index contributed by atoms with van der Waals surface area (Å²) in [5, 5.41) is 5.60. The monoisotopic (exact) mass is 491 g/mol. The number of nitrogens with zero attached hydrogens (tertiary/aromatic N) is 1. The average molecular weight is 492 g/mol. The molecule has 1 atom stereocenters. The van der Waals surface area contributed by atoms with Gasteiger partial charge < -0.3 is 10.6 Å². The molecule has 2 aliphatic rings. The summed E-state index contributed by atoms with van der Waals surface area (Å²) in [6, 6.07) is 9.43. The molecule has 2 heterocycles. The number of halogens is 1. The van der Waals surface area contributed by atoms with Gasteiger partial charge in [0, 0.05) is 28.8 Å². The minimum atomic E-state index is -3.83. The Hall–Kier alpha value is -2.23. The second-order valence-electron chi connectivity index (χ2n) is 7.59. The lowest BCUT2D eigenvalue weighted by Crippen LogP contribution is -2.43. The maximum absolute atomic E-state index is 13.3. The van der Waals surface area contributed by atoms with Crippen LogP contribution in [0.15, 0.2) is 45.8 Å². The number of anilines is 2. The fraction of sp³-hybridized carbons (Fsp3) is 0.333. The number of nitrogens with one attached hydrogen (secondary N) is 2. The van der Waals surface area contributed by atoms with Crippen LogP contribution < -0.4 is 10.6 Å². The largest absolute Gasteiger partial charge is 0.326 e. The van der Waals surface area contributed by atoms with E-state index in [0.717, 1.165) is 15.6 Å². The summed E-state index contributed by atoms with van der Waals surface area (Å²) in [6.07, 6.45) is 1.93. The van der Waals surface area contributed by atoms with Crippen molar-refractivity contribution in [3.05, 3.63) is 52.0 Å². The highest BCUT2D eigenvalue weighted by Gasteiger charge is 2.39. The maximum atomic E-state index is 13.3. The number of amides is 2. The third-order valence-corrected chi connectivity index (χ3v) is 8.30. The van der Waals surface area contributed by atoms with Gasteiger partial charge in [0.15, 0.2) is 0 Å². The molecular formula is C21H22BrN3O4S. The van der Waals surface area contributed by atoms with Gasteiger partial charge in [0.2, 0.25) is 21.8 Å². The van der Waals surface area contributed by atoms with Crippen molar-refractivity contribution in [2.75, 3.05) is 17.2 Å². The van der Waals surface area contributed by atoms with E-state index in [-0.39, 0.29) is 16.7 Å². The molecule has 0 spiro atoms. The van der Waals surface area contributed by atoms with Crippen molar-refractivity contribution in [2.24, 2.45) is 0 Å². The van der Waals surface area contributed by atoms with Gasteiger partial charge in [-0.05, 0) is 73.7 Å². The van der Waals surface area contributed by atoms with Crippen LogP contribution >= 0.6 is 15.9 Å². The maximum Gasteiger partial charge on any atom is 0.243 e. The zero-order chi connectivity index (χ0) is 21.5. The molecule has 0 aromatic heterocycles. The molecule has 0 bridgehead atoms. The number of carbonyl (C=O) groups excluding carboxylic acids is 2. The van der Waals surface area contributed by atoms with Crippen LogP contribution in [-0.4, -0.2) is 37.1 Å². The molecule has 0 saturated carbocycles. The van der Waals surface area contributed by atoms with Crippen LogP contribution in [0, 0.1) is 6.92 Å². The van der Waals surface area contributed by atoms with E-state index >= 15 is 0 Å². The van der Waals surface area contributed by atoms with Gasteiger partial charge >= 0.3 is 0 Å². The van der Waals surface area contributed by atoms with E-state index in [2.05, 4.69) is 26.6 Å². The minimum Gasteiger partial charge on any atom is -0.326 e. The van der Waals surface area contributed by atoms with E-state index in [9.17, 15) is 18.0 Å². The predicted molar refractivity (Wildman–Crippen MR) is 118 cm³/mol. The molecule has 9 heteroatoms. The third-order valence-electron chi connectivity index (χ3n) is 5.51. The number of hydrogen-bond donors (Lipinski definition) is 2. The van der Waals surface area contributed by atoms with Gasteiger partial charge in [-0.25, -0.2) is 8.42 Å². The number of benzene rings is 2. The highest BCUT2D eigenvalue weighted by molar-refractivity contribution is 9.10. The Kier molecular flexibility index (Phi) is 5.69. The third kappa shape index (κ3) is 4.01. The molecule has 1 saturated heterocycles. The Bertz CT molecular complexity index is 1130. The molecule has 2 aromatic carbocycles. The standard InChI is InChI=1S/C21H22BrN3O4S/c1-13-11-15(5-7-17(13)22)23-21(27)19-3-2-10-25(19)30(28,29)16-6-8-18-14(12-16)4-9-20(26)24-18/h5-8,11-12,19H,2-4,9-10H2,1H3,(H,23,27)(H,24,26)/t19-/m0/s1. The fourth-order valence-electron chi connectivity index (χ4n) is 3.89. The number of carbonyl (C=O) groups is 2. The zero-order valence-corrected chi connectivity index (χ0v) is 18.8. The highest BCUT2D eigenvalue weighted by atomic mass is 79.9. The number of sulfonamides is 1. The van der Waals surface area contributed by atoms with E-state index in [0.29, 0.717) is 43.6 Å². The van der Waals surface area contributed by atoms with Crippen LogP contribution in [-0.2, 0) is 26.0 Å². The number of rotatable bonds is 4. The number of hydrogen-bond acceptors (Lipinski definition) is 4. The normalized spacial score (nSPS) is 19.3.